The number of hydrogen-bond acceptors (Lipinski definition) is 12. The van der Waals surface area contributed by atoms with Gasteiger partial charge in [-0.15, -0.1) is 0 Å². The highest BCUT2D eigenvalue weighted by Gasteiger charge is 2.54. The van der Waals surface area contributed by atoms with Gasteiger partial charge in [0.1, 0.15) is 29.7 Å². The number of ether oxygens (including phenoxy) is 1. The third-order valence-electron chi connectivity index (χ3n) is 6.58. The molecule has 4 rings (SSSR count). The van der Waals surface area contributed by atoms with Gasteiger partial charge < -0.3 is 20.1 Å². The average Bonchev–Trinajstić information content (AvgIpc) is 3.48. The first kappa shape index (κ1) is 32.0. The van der Waals surface area contributed by atoms with E-state index >= 15 is 0 Å². The summed E-state index contributed by atoms with van der Waals surface area (Å²) in [6, 6.07) is 9.18. The highest BCUT2D eigenvalue weighted by atomic mass is 35.5. The standard InChI is InChI=1S/C25H33ClN5O8PS/c1-24(2,13-32)23(34)41-10-9-37-40(36,30-11-16-7-5-4-6-8-16)38-12-17-19(33)25(3,35)22(39-17)31-15-29-18-20(26)27-14-28-21(18)31/h4-8,14-15,17,19,22,32-33,35H,9-13H2,1-3H3,(H,30,36)/t17-,19?,22+,25+,40?/m1/s1. The van der Waals surface area contributed by atoms with Gasteiger partial charge in [0.2, 0.25) is 0 Å². The van der Waals surface area contributed by atoms with Gasteiger partial charge in [0, 0.05) is 12.3 Å². The van der Waals surface area contributed by atoms with Gasteiger partial charge in [-0.2, -0.15) is 0 Å². The van der Waals surface area contributed by atoms with Gasteiger partial charge in [-0.1, -0.05) is 53.7 Å². The Labute approximate surface area is 246 Å². The molecule has 1 aliphatic heterocycles. The van der Waals surface area contributed by atoms with Gasteiger partial charge in [-0.25, -0.2) is 24.6 Å². The molecule has 13 nitrogen and oxygen atoms in total. The van der Waals surface area contributed by atoms with Crippen molar-refractivity contribution in [2.24, 2.45) is 5.41 Å². The first-order valence-corrected chi connectivity index (χ1v) is 15.6. The minimum absolute atomic E-state index is 0.104. The number of aromatic nitrogens is 4. The number of aliphatic hydroxyl groups is 3. The second-order valence-corrected chi connectivity index (χ2v) is 13.6. The monoisotopic (exact) mass is 629 g/mol. The van der Waals surface area contributed by atoms with E-state index in [-0.39, 0.29) is 35.8 Å². The Bertz CT molecular complexity index is 1390. The molecule has 2 unspecified atom stereocenters. The molecular formula is C25H33ClN5O8PS. The van der Waals surface area contributed by atoms with Crippen LogP contribution in [0.15, 0.2) is 43.0 Å². The molecule has 2 aromatic heterocycles. The summed E-state index contributed by atoms with van der Waals surface area (Å²) in [7, 11) is -3.99. The molecule has 3 heterocycles. The van der Waals surface area contributed by atoms with E-state index in [0.29, 0.717) is 11.2 Å². The molecular weight excluding hydrogens is 597 g/mol. The van der Waals surface area contributed by atoms with Crippen LogP contribution in [0.1, 0.15) is 32.6 Å². The van der Waals surface area contributed by atoms with Crippen molar-refractivity contribution in [3.63, 3.8) is 0 Å². The van der Waals surface area contributed by atoms with Crippen molar-refractivity contribution in [2.45, 2.75) is 51.4 Å². The second kappa shape index (κ2) is 13.1. The third kappa shape index (κ3) is 7.34. The number of nitrogens with one attached hydrogen (secondary N) is 1. The lowest BCUT2D eigenvalue weighted by Gasteiger charge is -2.27. The minimum Gasteiger partial charge on any atom is -0.395 e. The van der Waals surface area contributed by atoms with Gasteiger partial charge in [0.25, 0.3) is 0 Å². The number of carbonyl (C=O) groups excluding carboxylic acids is 1. The molecule has 0 bridgehead atoms. The summed E-state index contributed by atoms with van der Waals surface area (Å²) in [5.74, 6) is 0.167. The quantitative estimate of drug-likeness (QED) is 0.123. The zero-order chi connectivity index (χ0) is 29.8. The van der Waals surface area contributed by atoms with Crippen molar-refractivity contribution in [3.8, 4) is 0 Å². The number of rotatable bonds is 13. The van der Waals surface area contributed by atoms with Crippen LogP contribution < -0.4 is 5.09 Å². The Balaban J connectivity index is 1.44. The van der Waals surface area contributed by atoms with Crippen LogP contribution in [0, 0.1) is 5.41 Å². The fourth-order valence-electron chi connectivity index (χ4n) is 4.01. The molecule has 1 aliphatic rings. The molecule has 0 aliphatic carbocycles. The van der Waals surface area contributed by atoms with Crippen molar-refractivity contribution >= 4 is 47.4 Å². The number of carbonyl (C=O) groups is 1. The molecule has 16 heteroatoms. The summed E-state index contributed by atoms with van der Waals surface area (Å²) in [5.41, 5.74) is -1.32. The fraction of sp³-hybridized carbons (Fsp3) is 0.520. The maximum atomic E-state index is 13.7. The topological polar surface area (TPSA) is 178 Å². The zero-order valence-electron chi connectivity index (χ0n) is 22.7. The lowest BCUT2D eigenvalue weighted by molar-refractivity contribution is -0.119. The van der Waals surface area contributed by atoms with Crippen molar-refractivity contribution in [1.29, 1.82) is 0 Å². The maximum absolute atomic E-state index is 13.7. The lowest BCUT2D eigenvalue weighted by Crippen LogP contribution is -2.44. The number of nitrogens with zero attached hydrogens (tertiary/aromatic N) is 4. The van der Waals surface area contributed by atoms with E-state index < -0.39 is 43.8 Å². The number of aliphatic hydroxyl groups excluding tert-OH is 2. The Morgan fingerprint density at radius 2 is 2.00 bits per heavy atom. The molecule has 0 saturated carbocycles. The summed E-state index contributed by atoms with van der Waals surface area (Å²) < 4.78 is 32.4. The molecule has 1 fully saturated rings. The van der Waals surface area contributed by atoms with Crippen molar-refractivity contribution < 1.29 is 38.5 Å². The van der Waals surface area contributed by atoms with Crippen LogP contribution in [0.25, 0.3) is 11.2 Å². The molecule has 0 amide bonds. The van der Waals surface area contributed by atoms with E-state index in [4.69, 9.17) is 25.4 Å². The van der Waals surface area contributed by atoms with Gasteiger partial charge >= 0.3 is 7.75 Å². The SMILES string of the molecule is CC(C)(CO)C(=O)SCCOP(=O)(NCc1ccccc1)OC[C@H]1O[C@H](n2cnc3c(Cl)ncnc32)[C@@](C)(O)C1O. The van der Waals surface area contributed by atoms with Gasteiger partial charge in [-0.3, -0.25) is 18.4 Å². The van der Waals surface area contributed by atoms with Crippen molar-refractivity contribution in [2.75, 3.05) is 25.6 Å². The van der Waals surface area contributed by atoms with Crippen LogP contribution >= 0.6 is 31.1 Å². The summed E-state index contributed by atoms with van der Waals surface area (Å²) >= 11 is 7.05. The molecule has 1 aromatic carbocycles. The summed E-state index contributed by atoms with van der Waals surface area (Å²) in [6.07, 6.45) is -1.07. The van der Waals surface area contributed by atoms with Gasteiger partial charge in [0.05, 0.1) is 31.6 Å². The Morgan fingerprint density at radius 3 is 2.71 bits per heavy atom. The van der Waals surface area contributed by atoms with E-state index in [0.717, 1.165) is 17.3 Å². The lowest BCUT2D eigenvalue weighted by atomic mass is 9.96. The minimum atomic E-state index is -3.99. The Hall–Kier alpha value is -1.97. The number of halogens is 1. The van der Waals surface area contributed by atoms with Crippen LogP contribution in [0.5, 0.6) is 0 Å². The Morgan fingerprint density at radius 1 is 1.27 bits per heavy atom. The van der Waals surface area contributed by atoms with E-state index in [1.54, 1.807) is 13.8 Å². The molecule has 224 valence electrons. The number of imidazole rings is 1. The van der Waals surface area contributed by atoms with E-state index in [1.807, 2.05) is 30.3 Å². The first-order valence-electron chi connectivity index (χ1n) is 12.7. The van der Waals surface area contributed by atoms with Crippen molar-refractivity contribution in [3.05, 3.63) is 53.7 Å². The number of thioether (sulfide) groups is 1. The predicted octanol–water partition coefficient (Wildman–Crippen LogP) is 2.70. The molecule has 5 atom stereocenters. The number of fused-ring (bicyclic) bond motifs is 1. The van der Waals surface area contributed by atoms with Crippen LogP contribution in [0.3, 0.4) is 0 Å². The second-order valence-electron chi connectivity index (χ2n) is 10.3. The number of hydrogen-bond donors (Lipinski definition) is 4. The van der Waals surface area contributed by atoms with Crippen LogP contribution in [-0.2, 0) is 29.7 Å². The van der Waals surface area contributed by atoms with Crippen LogP contribution in [-0.4, -0.2) is 83.3 Å². The maximum Gasteiger partial charge on any atom is 0.405 e. The molecule has 0 radical (unpaired) electrons. The first-order chi connectivity index (χ1) is 19.4. The number of benzene rings is 1. The normalized spacial score (nSPS) is 24.5. The molecule has 1 saturated heterocycles. The average molecular weight is 630 g/mol. The van der Waals surface area contributed by atoms with E-state index in [9.17, 15) is 24.7 Å². The zero-order valence-corrected chi connectivity index (χ0v) is 25.2. The highest BCUT2D eigenvalue weighted by molar-refractivity contribution is 8.13. The highest BCUT2D eigenvalue weighted by Crippen LogP contribution is 2.47. The summed E-state index contributed by atoms with van der Waals surface area (Å²) in [6.45, 7) is 3.99. The third-order valence-corrected chi connectivity index (χ3v) is 9.59. The molecule has 3 aromatic rings. The van der Waals surface area contributed by atoms with E-state index in [2.05, 4.69) is 20.0 Å². The smallest absolute Gasteiger partial charge is 0.395 e. The predicted molar refractivity (Wildman–Crippen MR) is 152 cm³/mol. The molecule has 41 heavy (non-hydrogen) atoms. The largest absolute Gasteiger partial charge is 0.405 e. The Kier molecular flexibility index (Phi) is 10.2. The summed E-state index contributed by atoms with van der Waals surface area (Å²) in [4.78, 5) is 24.5. The van der Waals surface area contributed by atoms with Gasteiger partial charge in [-0.05, 0) is 26.3 Å². The van der Waals surface area contributed by atoms with Crippen LogP contribution in [0.2, 0.25) is 5.15 Å². The summed E-state index contributed by atoms with van der Waals surface area (Å²) in [5, 5.41) is 34.2. The molecule has 4 N–H and O–H groups in total. The molecule has 0 spiro atoms. The van der Waals surface area contributed by atoms with Crippen LogP contribution in [0.4, 0.5) is 0 Å². The van der Waals surface area contributed by atoms with Crippen molar-refractivity contribution in [1.82, 2.24) is 24.6 Å². The van der Waals surface area contributed by atoms with Gasteiger partial charge in [0.15, 0.2) is 22.1 Å². The van der Waals surface area contributed by atoms with E-state index in [1.165, 1.54) is 24.1 Å². The fourth-order valence-corrected chi connectivity index (χ4v) is 6.42.